The van der Waals surface area contributed by atoms with Crippen LogP contribution >= 0.6 is 0 Å². The first-order valence-electron chi connectivity index (χ1n) is 1.00. The molecule has 0 fully saturated rings. The van der Waals surface area contributed by atoms with Gasteiger partial charge in [-0.3, -0.25) is 0 Å². The van der Waals surface area contributed by atoms with Crippen molar-refractivity contribution in [1.29, 1.82) is 0 Å². The molecule has 0 unspecified atom stereocenters. The number of hydrogen-bond acceptors (Lipinski definition) is 0. The molecule has 26 valence electrons. The molecule has 0 amide bonds. The summed E-state index contributed by atoms with van der Waals surface area (Å²) in [6.07, 6.45) is 0. The first kappa shape index (κ1) is 17.0. The molecule has 4 heteroatoms. The van der Waals surface area contributed by atoms with E-state index < -0.39 is 0 Å². The van der Waals surface area contributed by atoms with E-state index in [2.05, 4.69) is 0 Å². The summed E-state index contributed by atoms with van der Waals surface area (Å²) in [6, 6.07) is 0. The minimum absolute atomic E-state index is 0. The molecule has 0 radical (unpaired) electrons. The fourth-order valence-electron chi connectivity index (χ4n) is 0. The summed E-state index contributed by atoms with van der Waals surface area (Å²) >= 11 is 0. The Hall–Kier alpha value is 1.81. The third-order valence-corrected chi connectivity index (χ3v) is 0. The van der Waals surface area contributed by atoms with Crippen molar-refractivity contribution in [2.75, 3.05) is 0 Å². The molecule has 4 heavy (non-hydrogen) atoms. The zero-order valence-electron chi connectivity index (χ0n) is 2.82. The zero-order chi connectivity index (χ0) is 2.00. The Morgan fingerprint density at radius 3 is 0.750 bits per heavy atom. The van der Waals surface area contributed by atoms with Crippen molar-refractivity contribution in [1.82, 2.24) is 0 Å². The second kappa shape index (κ2) is 21.3. The van der Waals surface area contributed by atoms with Crippen molar-refractivity contribution in [2.24, 2.45) is 0 Å². The smallest absolute Gasteiger partial charge is 0 e. The number of rotatable bonds is 0. The fourth-order valence-corrected chi connectivity index (χ4v) is 0. The summed E-state index contributed by atoms with van der Waals surface area (Å²) in [5.74, 6) is 0. The van der Waals surface area contributed by atoms with Crippen LogP contribution < -0.4 is 0 Å². The molecule has 0 aliphatic carbocycles. The van der Waals surface area contributed by atoms with Crippen LogP contribution in [0.2, 0.25) is 0 Å². The van der Waals surface area contributed by atoms with E-state index in [0.29, 0.717) is 0 Å². The minimum atomic E-state index is 0. The topological polar surface area (TPSA) is 0 Å². The van der Waals surface area contributed by atoms with Crippen LogP contribution in [0, 0.1) is 0 Å². The Kier molecular flexibility index (Phi) is 90.7. The van der Waals surface area contributed by atoms with Crippen LogP contribution in [0.25, 0.3) is 0 Å². The predicted octanol–water partition coefficient (Wildman–Crippen LogP) is -2.37. The molecule has 0 saturated carbocycles. The van der Waals surface area contributed by atoms with E-state index in [1.54, 1.807) is 0 Å². The monoisotopic (exact) mass is 430 g/mol. The summed E-state index contributed by atoms with van der Waals surface area (Å²) in [5, 5.41) is 0. The molecular weight excluding hydrogens is 424 g/mol. The van der Waals surface area contributed by atoms with Gasteiger partial charge in [0.2, 0.25) is 0 Å². The first-order chi connectivity index (χ1) is 1.00. The third kappa shape index (κ3) is 9.18. The standard InChI is InChI=1S/H6Si2.2W/c1-2;;/h1-2H3;;. The maximum Gasteiger partial charge on any atom is 0 e. The molecule has 0 N–H and O–H groups in total. The molecule has 0 atom stereocenters. The van der Waals surface area contributed by atoms with Crippen LogP contribution in [0.5, 0.6) is 0 Å². The average molecular weight is 430 g/mol. The molecule has 0 spiro atoms. The van der Waals surface area contributed by atoms with Crippen molar-refractivity contribution < 1.29 is 42.1 Å². The third-order valence-electron chi connectivity index (χ3n) is 0. The van der Waals surface area contributed by atoms with Crippen LogP contribution in [0.3, 0.4) is 0 Å². The molecule has 0 aliphatic rings. The molecule has 0 nitrogen and oxygen atoms in total. The largest absolute Gasteiger partial charge is 0.0125 e. The predicted molar refractivity (Wildman–Crippen MR) is 19.9 cm³/mol. The van der Waals surface area contributed by atoms with Crippen LogP contribution in [0.4, 0.5) is 0 Å². The Morgan fingerprint density at radius 2 is 0.750 bits per heavy atom. The minimum Gasteiger partial charge on any atom is -0.0125 e. The quantitative estimate of drug-likeness (QED) is 0.378. The van der Waals surface area contributed by atoms with Gasteiger partial charge in [0.1, 0.15) is 0 Å². The summed E-state index contributed by atoms with van der Waals surface area (Å²) < 4.78 is 0. The van der Waals surface area contributed by atoms with Gasteiger partial charge >= 0.3 is 0 Å². The van der Waals surface area contributed by atoms with Gasteiger partial charge in [-0.25, -0.2) is 0 Å². The molecule has 0 saturated heterocycles. The molecule has 0 aromatic heterocycles. The second-order valence-corrected chi connectivity index (χ2v) is 0. The van der Waals surface area contributed by atoms with Gasteiger partial charge < -0.3 is 0 Å². The van der Waals surface area contributed by atoms with E-state index in [-0.39, 0.29) is 42.1 Å². The number of hydrogen-bond donors (Lipinski definition) is 0. The van der Waals surface area contributed by atoms with E-state index in [4.69, 9.17) is 0 Å². The SMILES string of the molecule is [SiH3][SiH3].[W].[W]. The van der Waals surface area contributed by atoms with Gasteiger partial charge in [-0.15, -0.1) is 0 Å². The Bertz CT molecular complexity index is 4.00. The van der Waals surface area contributed by atoms with E-state index >= 15 is 0 Å². The van der Waals surface area contributed by atoms with E-state index in [9.17, 15) is 0 Å². The molecule has 0 heterocycles. The summed E-state index contributed by atoms with van der Waals surface area (Å²) in [7, 11) is 2.89. The Balaban J connectivity index is -0.00000000500. The normalized spacial score (nSPS) is 3.00. The van der Waals surface area contributed by atoms with Crippen molar-refractivity contribution >= 4 is 19.5 Å². The van der Waals surface area contributed by atoms with Gasteiger partial charge in [-0.1, -0.05) is 0 Å². The van der Waals surface area contributed by atoms with Crippen molar-refractivity contribution in [3.05, 3.63) is 0 Å². The molecule has 0 aliphatic heterocycles. The molecule has 0 rings (SSSR count). The maximum atomic E-state index is 1.44. The summed E-state index contributed by atoms with van der Waals surface area (Å²) in [6.45, 7) is 0. The second-order valence-electron chi connectivity index (χ2n) is 0. The van der Waals surface area contributed by atoms with Gasteiger partial charge in [0, 0.05) is 42.1 Å². The van der Waals surface area contributed by atoms with E-state index in [0.717, 1.165) is 0 Å². The summed E-state index contributed by atoms with van der Waals surface area (Å²) in [4.78, 5) is 0. The van der Waals surface area contributed by atoms with Crippen molar-refractivity contribution in [3.63, 3.8) is 0 Å². The zero-order valence-corrected chi connectivity index (χ0v) is 12.7. The van der Waals surface area contributed by atoms with Crippen LogP contribution in [0.15, 0.2) is 0 Å². The van der Waals surface area contributed by atoms with Crippen LogP contribution in [-0.2, 0) is 42.1 Å². The van der Waals surface area contributed by atoms with Gasteiger partial charge in [0.05, 0.1) is 0 Å². The van der Waals surface area contributed by atoms with Crippen LogP contribution in [-0.4, -0.2) is 19.5 Å². The maximum absolute atomic E-state index is 1.44. The van der Waals surface area contributed by atoms with E-state index in [1.165, 1.54) is 19.5 Å². The Morgan fingerprint density at radius 1 is 0.750 bits per heavy atom. The van der Waals surface area contributed by atoms with Gasteiger partial charge in [-0.05, 0) is 19.5 Å². The van der Waals surface area contributed by atoms with Crippen LogP contribution in [0.1, 0.15) is 0 Å². The summed E-state index contributed by atoms with van der Waals surface area (Å²) in [5.41, 5.74) is 0. The van der Waals surface area contributed by atoms with Gasteiger partial charge in [0.15, 0.2) is 0 Å². The Labute approximate surface area is 61.3 Å². The molecule has 0 aromatic rings. The first-order valence-corrected chi connectivity index (χ1v) is 9.00. The molecule has 0 aromatic carbocycles. The molecule has 0 bridgehead atoms. The van der Waals surface area contributed by atoms with Gasteiger partial charge in [-0.2, -0.15) is 0 Å². The van der Waals surface area contributed by atoms with Gasteiger partial charge in [0.25, 0.3) is 0 Å². The van der Waals surface area contributed by atoms with Crippen molar-refractivity contribution in [2.45, 2.75) is 0 Å². The fraction of sp³-hybridized carbons (Fsp3) is 0. The van der Waals surface area contributed by atoms with E-state index in [1.807, 2.05) is 0 Å². The average Bonchev–Trinajstić information content (AvgIpc) is 1.00. The van der Waals surface area contributed by atoms with Crippen molar-refractivity contribution in [3.8, 4) is 0 Å². The molecular formula is H6Si2W2.